The molecule has 0 aliphatic heterocycles. The highest BCUT2D eigenvalue weighted by Crippen LogP contribution is 2.25. The van der Waals surface area contributed by atoms with Gasteiger partial charge in [0, 0.05) is 5.39 Å². The highest BCUT2D eigenvalue weighted by atomic mass is 16.3. The third-order valence-corrected chi connectivity index (χ3v) is 3.75. The number of nitrogens with zero attached hydrogens (tertiary/aromatic N) is 2. The maximum absolute atomic E-state index is 11.7. The number of aromatic nitrogens is 3. The minimum Gasteiger partial charge on any atom is -0.464 e. The van der Waals surface area contributed by atoms with E-state index in [-0.39, 0.29) is 5.69 Å². The van der Waals surface area contributed by atoms with Gasteiger partial charge in [0.05, 0.1) is 12.0 Å². The Kier molecular flexibility index (Phi) is 2.72. The molecule has 1 N–H and O–H groups in total. The topological polar surface area (TPSA) is 63.8 Å². The Morgan fingerprint density at radius 3 is 2.55 bits per heavy atom. The molecule has 0 unspecified atom stereocenters. The number of nitrogens with one attached hydrogen (secondary N) is 1. The summed E-state index contributed by atoms with van der Waals surface area (Å²) < 4.78 is 6.90. The van der Waals surface area contributed by atoms with Crippen molar-refractivity contribution in [2.75, 3.05) is 0 Å². The maximum atomic E-state index is 11.7. The minimum absolute atomic E-state index is 0.231. The van der Waals surface area contributed by atoms with Crippen molar-refractivity contribution in [3.8, 4) is 16.8 Å². The van der Waals surface area contributed by atoms with Crippen molar-refractivity contribution in [3.05, 3.63) is 71.1 Å². The molecule has 5 nitrogen and oxygen atoms in total. The van der Waals surface area contributed by atoms with Crippen molar-refractivity contribution >= 4 is 11.0 Å². The molecule has 0 amide bonds. The fraction of sp³-hybridized carbons (Fsp3) is 0.0588. The molecule has 0 aliphatic carbocycles. The van der Waals surface area contributed by atoms with Crippen LogP contribution in [0.1, 0.15) is 5.82 Å². The Morgan fingerprint density at radius 2 is 1.82 bits per heavy atom. The molecule has 0 spiro atoms. The summed E-state index contributed by atoms with van der Waals surface area (Å²) in [6, 6.07) is 15.8. The van der Waals surface area contributed by atoms with Crippen molar-refractivity contribution in [1.82, 2.24) is 14.8 Å². The lowest BCUT2D eigenvalue weighted by Crippen LogP contribution is -2.15. The van der Waals surface area contributed by atoms with E-state index >= 15 is 0 Å². The molecule has 0 atom stereocenters. The summed E-state index contributed by atoms with van der Waals surface area (Å²) in [5.74, 6) is 0.637. The molecule has 2 heterocycles. The quantitative estimate of drug-likeness (QED) is 0.616. The third-order valence-electron chi connectivity index (χ3n) is 3.75. The number of aromatic amines is 1. The Bertz CT molecular complexity index is 1010. The molecule has 2 aromatic heterocycles. The number of benzene rings is 2. The van der Waals surface area contributed by atoms with Crippen LogP contribution in [0.3, 0.4) is 0 Å². The maximum Gasteiger partial charge on any atom is 0.347 e. The zero-order chi connectivity index (χ0) is 15.1. The lowest BCUT2D eigenvalue weighted by atomic mass is 10.0. The van der Waals surface area contributed by atoms with Gasteiger partial charge < -0.3 is 4.42 Å². The molecule has 108 valence electrons. The van der Waals surface area contributed by atoms with Gasteiger partial charge in [-0.05, 0) is 48.4 Å². The Hall–Kier alpha value is -3.08. The van der Waals surface area contributed by atoms with E-state index in [2.05, 4.69) is 16.3 Å². The Morgan fingerprint density at radius 1 is 1.05 bits per heavy atom. The predicted octanol–water partition coefficient (Wildman–Crippen LogP) is 3.28. The number of fused-ring (bicyclic) bond motifs is 1. The molecule has 4 aromatic rings. The first kappa shape index (κ1) is 12.6. The van der Waals surface area contributed by atoms with Gasteiger partial charge in [0.25, 0.3) is 0 Å². The second-order valence-corrected chi connectivity index (χ2v) is 5.13. The van der Waals surface area contributed by atoms with E-state index in [4.69, 9.17) is 4.42 Å². The number of rotatable bonds is 2. The van der Waals surface area contributed by atoms with Crippen LogP contribution in [0.25, 0.3) is 27.8 Å². The van der Waals surface area contributed by atoms with Gasteiger partial charge in [0.15, 0.2) is 0 Å². The van der Waals surface area contributed by atoms with Gasteiger partial charge in [0.2, 0.25) is 0 Å². The molecule has 4 rings (SSSR count). The van der Waals surface area contributed by atoms with Crippen molar-refractivity contribution in [2.45, 2.75) is 6.92 Å². The average molecular weight is 291 g/mol. The van der Waals surface area contributed by atoms with Gasteiger partial charge in [-0.25, -0.2) is 14.5 Å². The summed E-state index contributed by atoms with van der Waals surface area (Å²) in [6.45, 7) is 1.79. The third kappa shape index (κ3) is 1.95. The van der Waals surface area contributed by atoms with Crippen LogP contribution >= 0.6 is 0 Å². The van der Waals surface area contributed by atoms with Crippen LogP contribution in [-0.2, 0) is 0 Å². The van der Waals surface area contributed by atoms with Crippen LogP contribution in [0.4, 0.5) is 0 Å². The predicted molar refractivity (Wildman–Crippen MR) is 84.1 cm³/mol. The van der Waals surface area contributed by atoms with Gasteiger partial charge in [-0.2, -0.15) is 5.10 Å². The van der Waals surface area contributed by atoms with Crippen LogP contribution in [0.15, 0.2) is 64.0 Å². The van der Waals surface area contributed by atoms with E-state index in [0.717, 1.165) is 27.8 Å². The first-order valence-corrected chi connectivity index (χ1v) is 6.94. The van der Waals surface area contributed by atoms with Gasteiger partial charge in [-0.1, -0.05) is 18.2 Å². The number of hydrogen-bond acceptors (Lipinski definition) is 3. The molecule has 5 heteroatoms. The van der Waals surface area contributed by atoms with Crippen LogP contribution in [0, 0.1) is 6.92 Å². The van der Waals surface area contributed by atoms with Crippen molar-refractivity contribution in [1.29, 1.82) is 0 Å². The van der Waals surface area contributed by atoms with Crippen LogP contribution in [0.5, 0.6) is 0 Å². The zero-order valence-electron chi connectivity index (χ0n) is 11.9. The first-order valence-electron chi connectivity index (χ1n) is 6.94. The van der Waals surface area contributed by atoms with Crippen molar-refractivity contribution in [2.24, 2.45) is 0 Å². The number of hydrogen-bond donors (Lipinski definition) is 1. The summed E-state index contributed by atoms with van der Waals surface area (Å²) in [5.41, 5.74) is 3.63. The molecule has 0 bridgehead atoms. The van der Waals surface area contributed by atoms with Crippen LogP contribution in [-0.4, -0.2) is 14.8 Å². The standard InChI is InChI=1S/C17H13N3O2/c1-11-18-19-17(21)20(11)15-5-2-12(3-6-15)13-4-7-16-14(10-13)8-9-22-16/h2-10H,1H3,(H,19,21). The Balaban J connectivity index is 1.76. The molecule has 0 radical (unpaired) electrons. The summed E-state index contributed by atoms with van der Waals surface area (Å²) in [5, 5.41) is 7.43. The molecular formula is C17H13N3O2. The molecule has 2 aromatic carbocycles. The molecule has 22 heavy (non-hydrogen) atoms. The first-order chi connectivity index (χ1) is 10.7. The van der Waals surface area contributed by atoms with Crippen LogP contribution < -0.4 is 5.69 Å². The zero-order valence-corrected chi connectivity index (χ0v) is 11.9. The van der Waals surface area contributed by atoms with E-state index in [9.17, 15) is 4.79 Å². The van der Waals surface area contributed by atoms with Crippen molar-refractivity contribution in [3.63, 3.8) is 0 Å². The largest absolute Gasteiger partial charge is 0.464 e. The number of aryl methyl sites for hydroxylation is 1. The van der Waals surface area contributed by atoms with Crippen molar-refractivity contribution < 1.29 is 4.42 Å². The average Bonchev–Trinajstić information content (AvgIpc) is 3.13. The van der Waals surface area contributed by atoms with Gasteiger partial charge in [-0.15, -0.1) is 0 Å². The molecule has 0 fully saturated rings. The second-order valence-electron chi connectivity index (χ2n) is 5.13. The van der Waals surface area contributed by atoms with Gasteiger partial charge >= 0.3 is 5.69 Å². The van der Waals surface area contributed by atoms with Crippen LogP contribution in [0.2, 0.25) is 0 Å². The van der Waals surface area contributed by atoms with Gasteiger partial charge in [0.1, 0.15) is 11.4 Å². The van der Waals surface area contributed by atoms with E-state index < -0.39 is 0 Å². The van der Waals surface area contributed by atoms with E-state index in [1.807, 2.05) is 42.5 Å². The summed E-state index contributed by atoms with van der Waals surface area (Å²) in [6.07, 6.45) is 1.69. The van der Waals surface area contributed by atoms with E-state index in [1.54, 1.807) is 17.8 Å². The normalized spacial score (nSPS) is 11.1. The number of furan rings is 1. The SMILES string of the molecule is Cc1n[nH]c(=O)n1-c1ccc(-c2ccc3occc3c2)cc1. The van der Waals surface area contributed by atoms with E-state index in [0.29, 0.717) is 5.82 Å². The highest BCUT2D eigenvalue weighted by Gasteiger charge is 2.07. The van der Waals surface area contributed by atoms with Gasteiger partial charge in [-0.3, -0.25) is 0 Å². The minimum atomic E-state index is -0.231. The summed E-state index contributed by atoms with van der Waals surface area (Å²) in [7, 11) is 0. The summed E-state index contributed by atoms with van der Waals surface area (Å²) >= 11 is 0. The van der Waals surface area contributed by atoms with E-state index in [1.165, 1.54) is 0 Å². The lowest BCUT2D eigenvalue weighted by molar-refractivity contribution is 0.616. The second kappa shape index (κ2) is 4.73. The smallest absolute Gasteiger partial charge is 0.347 e. The molecule has 0 aliphatic rings. The fourth-order valence-electron chi connectivity index (χ4n) is 2.63. The summed E-state index contributed by atoms with van der Waals surface area (Å²) in [4.78, 5) is 11.7. The molecule has 0 saturated carbocycles. The lowest BCUT2D eigenvalue weighted by Gasteiger charge is -2.06. The molecular weight excluding hydrogens is 278 g/mol. The fourth-order valence-corrected chi connectivity index (χ4v) is 2.63. The molecule has 0 saturated heterocycles. The Labute approximate surface area is 125 Å². The highest BCUT2D eigenvalue weighted by molar-refractivity contribution is 5.83. The monoisotopic (exact) mass is 291 g/mol. The number of H-pyrrole nitrogens is 1.